The monoisotopic (exact) mass is 270 g/mol. The van der Waals surface area contributed by atoms with Gasteiger partial charge in [-0.1, -0.05) is 19.1 Å². The highest BCUT2D eigenvalue weighted by Gasteiger charge is 2.55. The number of anilines is 1. The molecule has 0 radical (unpaired) electrons. The molecule has 104 valence electrons. The number of fused-ring (bicyclic) bond motifs is 1. The van der Waals surface area contributed by atoms with E-state index >= 15 is 0 Å². The molecule has 0 saturated heterocycles. The highest BCUT2D eigenvalue weighted by molar-refractivity contribution is 6.02. The molecule has 3 aliphatic rings. The van der Waals surface area contributed by atoms with Crippen LogP contribution in [0.5, 0.6) is 5.75 Å². The molecule has 2 N–H and O–H groups in total. The van der Waals surface area contributed by atoms with Crippen LogP contribution in [-0.4, -0.2) is 18.1 Å². The van der Waals surface area contributed by atoms with Crippen molar-refractivity contribution in [3.8, 4) is 5.75 Å². The van der Waals surface area contributed by atoms with Crippen LogP contribution in [0.15, 0.2) is 24.3 Å². The Morgan fingerprint density at radius 1 is 1.35 bits per heavy atom. The molecule has 1 aliphatic carbocycles. The predicted molar refractivity (Wildman–Crippen MR) is 77.4 cm³/mol. The van der Waals surface area contributed by atoms with E-state index in [-0.39, 0.29) is 5.91 Å². The third-order valence-electron chi connectivity index (χ3n) is 4.33. The predicted octanol–water partition coefficient (Wildman–Crippen LogP) is 2.52. The van der Waals surface area contributed by atoms with E-state index < -0.39 is 5.60 Å². The summed E-state index contributed by atoms with van der Waals surface area (Å²) >= 11 is 0. The number of hydrogen-bond donors (Lipinski definition) is 2. The Balaban J connectivity index is 1.66. The van der Waals surface area contributed by atoms with Crippen LogP contribution in [0.2, 0.25) is 0 Å². The molecule has 1 atom stereocenters. The van der Waals surface area contributed by atoms with E-state index in [0.717, 1.165) is 48.5 Å². The molecule has 1 aromatic rings. The van der Waals surface area contributed by atoms with Gasteiger partial charge in [-0.2, -0.15) is 0 Å². The van der Waals surface area contributed by atoms with Gasteiger partial charge in [-0.05, 0) is 24.5 Å². The van der Waals surface area contributed by atoms with Crippen molar-refractivity contribution in [2.24, 2.45) is 5.92 Å². The quantitative estimate of drug-likeness (QED) is 0.824. The molecule has 0 unspecified atom stereocenters. The van der Waals surface area contributed by atoms with Crippen molar-refractivity contribution in [2.75, 3.05) is 11.9 Å². The first kappa shape index (κ1) is 11.8. The zero-order valence-electron chi connectivity index (χ0n) is 11.5. The molecule has 1 aromatic carbocycles. The summed E-state index contributed by atoms with van der Waals surface area (Å²) in [5, 5.41) is 6.40. The summed E-state index contributed by atoms with van der Waals surface area (Å²) in [5.74, 6) is 1.48. The van der Waals surface area contributed by atoms with Crippen molar-refractivity contribution < 1.29 is 9.53 Å². The van der Waals surface area contributed by atoms with Crippen LogP contribution < -0.4 is 15.4 Å². The van der Waals surface area contributed by atoms with Gasteiger partial charge in [0.05, 0.1) is 5.69 Å². The van der Waals surface area contributed by atoms with Crippen LogP contribution >= 0.6 is 0 Å². The number of benzene rings is 1. The number of hydrogen-bond acceptors (Lipinski definition) is 3. The fourth-order valence-corrected chi connectivity index (χ4v) is 2.79. The number of rotatable bonds is 1. The number of nitrogens with one attached hydrogen (secondary N) is 2. The Hall–Kier alpha value is -1.97. The molecule has 0 bridgehead atoms. The average molecular weight is 270 g/mol. The van der Waals surface area contributed by atoms with Crippen molar-refractivity contribution in [2.45, 2.75) is 31.8 Å². The van der Waals surface area contributed by atoms with E-state index in [0.29, 0.717) is 5.92 Å². The lowest BCUT2D eigenvalue weighted by molar-refractivity contribution is -0.125. The lowest BCUT2D eigenvalue weighted by Crippen LogP contribution is -2.39. The second-order valence-corrected chi connectivity index (χ2v) is 6.10. The molecular weight excluding hydrogens is 252 g/mol. The molecule has 1 spiro atoms. The van der Waals surface area contributed by atoms with Gasteiger partial charge >= 0.3 is 0 Å². The number of amides is 1. The Labute approximate surface area is 118 Å². The second kappa shape index (κ2) is 4.01. The molecule has 20 heavy (non-hydrogen) atoms. The molecule has 4 heteroatoms. The molecule has 0 aromatic heterocycles. The van der Waals surface area contributed by atoms with Crippen LogP contribution in [0.25, 0.3) is 5.70 Å². The largest absolute Gasteiger partial charge is 0.475 e. The number of allylic oxidation sites excluding steroid dienone is 1. The Morgan fingerprint density at radius 3 is 2.90 bits per heavy atom. The first-order valence-corrected chi connectivity index (χ1v) is 7.25. The maximum Gasteiger partial charge on any atom is 0.268 e. The summed E-state index contributed by atoms with van der Waals surface area (Å²) in [6.45, 7) is 3.24. The lowest BCUT2D eigenvalue weighted by atomic mass is 10.00. The zero-order valence-corrected chi connectivity index (χ0v) is 11.5. The molecule has 1 fully saturated rings. The van der Waals surface area contributed by atoms with Gasteiger partial charge in [-0.3, -0.25) is 4.79 Å². The minimum atomic E-state index is -0.575. The maximum absolute atomic E-state index is 11.9. The van der Waals surface area contributed by atoms with Gasteiger partial charge in [0.25, 0.3) is 5.91 Å². The summed E-state index contributed by atoms with van der Waals surface area (Å²) < 4.78 is 5.93. The Bertz CT molecular complexity index is 617. The second-order valence-electron chi connectivity index (χ2n) is 6.10. The lowest BCUT2D eigenvalue weighted by Gasteiger charge is -2.27. The third kappa shape index (κ3) is 1.79. The van der Waals surface area contributed by atoms with E-state index in [4.69, 9.17) is 4.74 Å². The van der Waals surface area contributed by atoms with Gasteiger partial charge in [0.2, 0.25) is 0 Å². The van der Waals surface area contributed by atoms with E-state index in [1.54, 1.807) is 0 Å². The number of carbonyl (C=O) groups excluding carboxylic acids is 1. The SMILES string of the molecule is C[C@H]1CC=C(c2ccc3c(c2)OC2(CC2)C(=O)N3)NC1. The minimum Gasteiger partial charge on any atom is -0.475 e. The van der Waals surface area contributed by atoms with Crippen molar-refractivity contribution in [3.63, 3.8) is 0 Å². The number of ether oxygens (including phenoxy) is 1. The summed E-state index contributed by atoms with van der Waals surface area (Å²) in [5.41, 5.74) is 2.49. The molecule has 4 rings (SSSR count). The van der Waals surface area contributed by atoms with Crippen LogP contribution in [0.1, 0.15) is 31.7 Å². The fourth-order valence-electron chi connectivity index (χ4n) is 2.79. The smallest absolute Gasteiger partial charge is 0.268 e. The van der Waals surface area contributed by atoms with Gasteiger partial charge < -0.3 is 15.4 Å². The van der Waals surface area contributed by atoms with Crippen molar-refractivity contribution >= 4 is 17.3 Å². The van der Waals surface area contributed by atoms with Crippen LogP contribution in [0.4, 0.5) is 5.69 Å². The van der Waals surface area contributed by atoms with Gasteiger partial charge in [0.1, 0.15) is 5.75 Å². The molecule has 2 aliphatic heterocycles. The first-order valence-electron chi connectivity index (χ1n) is 7.25. The van der Waals surface area contributed by atoms with E-state index in [1.165, 1.54) is 0 Å². The summed E-state index contributed by atoms with van der Waals surface area (Å²) in [7, 11) is 0. The van der Waals surface area contributed by atoms with Gasteiger partial charge in [-0.25, -0.2) is 0 Å². The van der Waals surface area contributed by atoms with Crippen LogP contribution in [0.3, 0.4) is 0 Å². The van der Waals surface area contributed by atoms with E-state index in [9.17, 15) is 4.79 Å². The molecule has 1 saturated carbocycles. The van der Waals surface area contributed by atoms with Gasteiger partial charge in [-0.15, -0.1) is 0 Å². The Kier molecular flexibility index (Phi) is 2.37. The van der Waals surface area contributed by atoms with Crippen molar-refractivity contribution in [3.05, 3.63) is 29.8 Å². The highest BCUT2D eigenvalue weighted by atomic mass is 16.5. The summed E-state index contributed by atoms with van der Waals surface area (Å²) in [6, 6.07) is 5.99. The molecule has 2 heterocycles. The number of carbonyl (C=O) groups is 1. The van der Waals surface area contributed by atoms with E-state index in [1.807, 2.05) is 18.2 Å². The average Bonchev–Trinajstić information content (AvgIpc) is 3.21. The van der Waals surface area contributed by atoms with Crippen molar-refractivity contribution in [1.29, 1.82) is 0 Å². The molecule has 4 nitrogen and oxygen atoms in total. The van der Waals surface area contributed by atoms with Crippen molar-refractivity contribution in [1.82, 2.24) is 5.32 Å². The topological polar surface area (TPSA) is 50.4 Å². The van der Waals surface area contributed by atoms with Crippen LogP contribution in [-0.2, 0) is 4.79 Å². The zero-order chi connectivity index (χ0) is 13.7. The van der Waals surface area contributed by atoms with E-state index in [2.05, 4.69) is 23.6 Å². The third-order valence-corrected chi connectivity index (χ3v) is 4.33. The summed E-state index contributed by atoms with van der Waals surface area (Å²) in [6.07, 6.45) is 4.98. The van der Waals surface area contributed by atoms with Crippen LogP contribution in [0, 0.1) is 5.92 Å². The molecule has 1 amide bonds. The highest BCUT2D eigenvalue weighted by Crippen LogP contribution is 2.47. The van der Waals surface area contributed by atoms with Gasteiger partial charge in [0.15, 0.2) is 5.60 Å². The fraction of sp³-hybridized carbons (Fsp3) is 0.438. The minimum absolute atomic E-state index is 0.00146. The Morgan fingerprint density at radius 2 is 2.20 bits per heavy atom. The normalized spacial score (nSPS) is 25.9. The first-order chi connectivity index (χ1) is 9.66. The standard InChI is InChI=1S/C16H18N2O2/c1-10-2-4-12(17-9-10)11-3-5-13-14(8-11)20-16(6-7-16)15(19)18-13/h3-5,8,10,17H,2,6-7,9H2,1H3,(H,18,19)/t10-/m0/s1. The van der Waals surface area contributed by atoms with Gasteiger partial charge in [0, 0.05) is 30.6 Å². The summed E-state index contributed by atoms with van der Waals surface area (Å²) in [4.78, 5) is 11.9. The molecular formula is C16H18N2O2. The maximum atomic E-state index is 11.9.